The minimum Gasteiger partial charge on any atom is -0.322 e. The van der Waals surface area contributed by atoms with Gasteiger partial charge in [0.15, 0.2) is 0 Å². The molecule has 1 saturated carbocycles. The molecule has 7 heteroatoms. The van der Waals surface area contributed by atoms with Gasteiger partial charge in [-0.2, -0.15) is 0 Å². The van der Waals surface area contributed by atoms with Crippen LogP contribution in [0.4, 0.5) is 0 Å². The van der Waals surface area contributed by atoms with Gasteiger partial charge in [-0.15, -0.1) is 0 Å². The van der Waals surface area contributed by atoms with E-state index in [-0.39, 0.29) is 24.1 Å². The molecule has 5 rings (SSSR count). The Balaban J connectivity index is 1.20. The lowest BCUT2D eigenvalue weighted by Crippen LogP contribution is -2.52. The highest BCUT2D eigenvalue weighted by Gasteiger charge is 2.40. The molecule has 0 aromatic heterocycles. The van der Waals surface area contributed by atoms with Crippen molar-refractivity contribution in [2.75, 3.05) is 19.6 Å². The van der Waals surface area contributed by atoms with Crippen molar-refractivity contribution in [3.05, 3.63) is 34.9 Å². The van der Waals surface area contributed by atoms with E-state index in [9.17, 15) is 14.4 Å². The molecule has 7 nitrogen and oxygen atoms in total. The number of rotatable bonds is 5. The summed E-state index contributed by atoms with van der Waals surface area (Å²) in [7, 11) is 0. The van der Waals surface area contributed by atoms with Crippen LogP contribution >= 0.6 is 0 Å². The second-order valence-electron chi connectivity index (χ2n) is 9.67. The molecule has 4 atom stereocenters. The molecule has 31 heavy (non-hydrogen) atoms. The van der Waals surface area contributed by atoms with Crippen LogP contribution < -0.4 is 16.0 Å². The van der Waals surface area contributed by atoms with Gasteiger partial charge in [0.2, 0.25) is 11.8 Å². The summed E-state index contributed by atoms with van der Waals surface area (Å²) in [5, 5.41) is 9.52. The number of hydrogen-bond donors (Lipinski definition) is 3. The monoisotopic (exact) mass is 424 g/mol. The smallest absolute Gasteiger partial charge is 0.255 e. The third-order valence-corrected chi connectivity index (χ3v) is 7.73. The molecular formula is C24H32N4O3. The highest BCUT2D eigenvalue weighted by atomic mass is 16.2. The molecule has 4 aliphatic rings. The molecule has 166 valence electrons. The zero-order chi connectivity index (χ0) is 21.4. The van der Waals surface area contributed by atoms with E-state index in [4.69, 9.17) is 0 Å². The van der Waals surface area contributed by atoms with Crippen LogP contribution in [0.25, 0.3) is 0 Å². The van der Waals surface area contributed by atoms with E-state index in [0.29, 0.717) is 25.4 Å². The lowest BCUT2D eigenvalue weighted by atomic mass is 9.71. The summed E-state index contributed by atoms with van der Waals surface area (Å²) in [6, 6.07) is 5.43. The molecule has 0 bridgehead atoms. The fourth-order valence-electron chi connectivity index (χ4n) is 6.05. The van der Waals surface area contributed by atoms with E-state index in [0.717, 1.165) is 41.6 Å². The molecule has 1 aromatic rings. The van der Waals surface area contributed by atoms with Gasteiger partial charge in [0, 0.05) is 25.1 Å². The van der Waals surface area contributed by atoms with E-state index in [1.807, 2.05) is 18.2 Å². The van der Waals surface area contributed by atoms with Crippen molar-refractivity contribution in [3.63, 3.8) is 0 Å². The van der Waals surface area contributed by atoms with Crippen LogP contribution in [-0.2, 0) is 22.7 Å². The van der Waals surface area contributed by atoms with Crippen molar-refractivity contribution in [1.29, 1.82) is 0 Å². The molecule has 1 aromatic carbocycles. The van der Waals surface area contributed by atoms with Crippen LogP contribution in [-0.4, -0.2) is 48.3 Å². The molecule has 4 unspecified atom stereocenters. The second-order valence-corrected chi connectivity index (χ2v) is 9.67. The summed E-state index contributed by atoms with van der Waals surface area (Å²) in [6.45, 7) is 4.44. The third kappa shape index (κ3) is 4.13. The van der Waals surface area contributed by atoms with Gasteiger partial charge in [-0.25, -0.2) is 0 Å². The number of fused-ring (bicyclic) bond motifs is 2. The van der Waals surface area contributed by atoms with E-state index in [1.54, 1.807) is 4.90 Å². The molecule has 3 fully saturated rings. The summed E-state index contributed by atoms with van der Waals surface area (Å²) in [4.78, 5) is 38.6. The Kier molecular flexibility index (Phi) is 5.80. The van der Waals surface area contributed by atoms with E-state index < -0.39 is 6.04 Å². The first-order valence-corrected chi connectivity index (χ1v) is 11.8. The predicted molar refractivity (Wildman–Crippen MR) is 116 cm³/mol. The van der Waals surface area contributed by atoms with Gasteiger partial charge >= 0.3 is 0 Å². The maximum Gasteiger partial charge on any atom is 0.255 e. The molecule has 3 aliphatic heterocycles. The minimum absolute atomic E-state index is 0.0860. The molecule has 2 saturated heterocycles. The lowest BCUT2D eigenvalue weighted by Gasteiger charge is -2.39. The van der Waals surface area contributed by atoms with Gasteiger partial charge in [-0.05, 0) is 80.6 Å². The van der Waals surface area contributed by atoms with Crippen LogP contribution in [0.1, 0.15) is 60.0 Å². The average Bonchev–Trinajstić information content (AvgIpc) is 3.11. The van der Waals surface area contributed by atoms with Crippen molar-refractivity contribution in [2.24, 2.45) is 17.8 Å². The fourth-order valence-corrected chi connectivity index (χ4v) is 6.05. The Labute approximate surface area is 183 Å². The third-order valence-electron chi connectivity index (χ3n) is 7.73. The van der Waals surface area contributed by atoms with Gasteiger partial charge in [0.25, 0.3) is 5.91 Å². The van der Waals surface area contributed by atoms with Crippen LogP contribution in [0.5, 0.6) is 0 Å². The summed E-state index contributed by atoms with van der Waals surface area (Å²) < 4.78 is 0. The second kappa shape index (κ2) is 8.71. The van der Waals surface area contributed by atoms with E-state index in [2.05, 4.69) is 16.0 Å². The van der Waals surface area contributed by atoms with E-state index >= 15 is 0 Å². The Morgan fingerprint density at radius 2 is 1.97 bits per heavy atom. The van der Waals surface area contributed by atoms with E-state index in [1.165, 1.54) is 32.2 Å². The first kappa shape index (κ1) is 20.6. The van der Waals surface area contributed by atoms with Crippen LogP contribution in [0.3, 0.4) is 0 Å². The molecule has 3 N–H and O–H groups in total. The Hall–Kier alpha value is -2.25. The molecule has 0 radical (unpaired) electrons. The zero-order valence-corrected chi connectivity index (χ0v) is 18.0. The summed E-state index contributed by atoms with van der Waals surface area (Å²) in [6.07, 6.45) is 5.91. The van der Waals surface area contributed by atoms with Gasteiger partial charge in [0.1, 0.15) is 6.04 Å². The quantitative estimate of drug-likeness (QED) is 0.624. The van der Waals surface area contributed by atoms with Crippen molar-refractivity contribution in [3.8, 4) is 0 Å². The Bertz CT molecular complexity index is 886. The number of carbonyl (C=O) groups is 3. The molecule has 3 amide bonds. The largest absolute Gasteiger partial charge is 0.322 e. The van der Waals surface area contributed by atoms with Crippen molar-refractivity contribution >= 4 is 17.7 Å². The number of carbonyl (C=O) groups excluding carboxylic acids is 3. The Morgan fingerprint density at radius 3 is 2.84 bits per heavy atom. The van der Waals surface area contributed by atoms with Crippen LogP contribution in [0, 0.1) is 17.8 Å². The highest BCUT2D eigenvalue weighted by molar-refractivity contribution is 6.05. The van der Waals surface area contributed by atoms with Crippen LogP contribution in [0.15, 0.2) is 18.2 Å². The number of hydrogen-bond acceptors (Lipinski definition) is 5. The molecule has 0 spiro atoms. The Morgan fingerprint density at radius 1 is 1.06 bits per heavy atom. The standard InChI is InChI=1S/C24H32N4O3/c29-21-7-6-20(23(30)27-21)28-14-19-3-1-2-18(22(19)24(28)31)13-26-11-15-4-5-17-12-25-9-8-16(17)10-15/h1-3,15-17,20,25-26H,4-14H2,(H,27,29,30). The van der Waals surface area contributed by atoms with Crippen molar-refractivity contribution in [1.82, 2.24) is 20.9 Å². The minimum atomic E-state index is -0.557. The maximum atomic E-state index is 13.2. The lowest BCUT2D eigenvalue weighted by molar-refractivity contribution is -0.136. The number of piperidine rings is 2. The van der Waals surface area contributed by atoms with Gasteiger partial charge < -0.3 is 15.5 Å². The molecule has 1 aliphatic carbocycles. The fraction of sp³-hybridized carbons (Fsp3) is 0.625. The number of benzene rings is 1. The topological polar surface area (TPSA) is 90.5 Å². The van der Waals surface area contributed by atoms with Gasteiger partial charge in [-0.1, -0.05) is 18.2 Å². The number of imide groups is 1. The number of nitrogens with one attached hydrogen (secondary N) is 3. The van der Waals surface area contributed by atoms with Crippen LogP contribution in [0.2, 0.25) is 0 Å². The number of amides is 3. The van der Waals surface area contributed by atoms with Crippen molar-refractivity contribution in [2.45, 2.75) is 57.7 Å². The normalized spacial score (nSPS) is 30.7. The SMILES string of the molecule is O=C1CCC(N2Cc3cccc(CNCC4CCC5CNCCC5C4)c3C2=O)C(=O)N1. The number of nitrogens with zero attached hydrogens (tertiary/aromatic N) is 1. The van der Waals surface area contributed by atoms with Gasteiger partial charge in [-0.3, -0.25) is 19.7 Å². The predicted octanol–water partition coefficient (Wildman–Crippen LogP) is 1.56. The molecule has 3 heterocycles. The first-order valence-electron chi connectivity index (χ1n) is 11.8. The van der Waals surface area contributed by atoms with Gasteiger partial charge in [0.05, 0.1) is 0 Å². The first-order chi connectivity index (χ1) is 15.1. The van der Waals surface area contributed by atoms with Crippen molar-refractivity contribution < 1.29 is 14.4 Å². The molecular weight excluding hydrogens is 392 g/mol. The zero-order valence-electron chi connectivity index (χ0n) is 18.0. The summed E-state index contributed by atoms with van der Waals surface area (Å²) in [5.74, 6) is 1.74. The summed E-state index contributed by atoms with van der Waals surface area (Å²) >= 11 is 0. The maximum absolute atomic E-state index is 13.2. The highest BCUT2D eigenvalue weighted by Crippen LogP contribution is 2.37. The average molecular weight is 425 g/mol. The summed E-state index contributed by atoms with van der Waals surface area (Å²) in [5.41, 5.74) is 2.72.